The number of rotatable bonds is 5. The van der Waals surface area contributed by atoms with Gasteiger partial charge in [-0.15, -0.1) is 5.10 Å². The second-order valence-corrected chi connectivity index (χ2v) is 5.58. The number of cyclic esters (lactones) is 1. The molecule has 0 radical (unpaired) electrons. The first-order valence-electron chi connectivity index (χ1n) is 7.83. The summed E-state index contributed by atoms with van der Waals surface area (Å²) in [6.45, 7) is 6.38. The molecular weight excluding hydrogens is 284 g/mol. The van der Waals surface area contributed by atoms with E-state index in [1.54, 1.807) is 6.20 Å². The Morgan fingerprint density at radius 2 is 2.36 bits per heavy atom. The van der Waals surface area contributed by atoms with Crippen molar-refractivity contribution in [3.05, 3.63) is 18.3 Å². The largest absolute Gasteiger partial charge is 0.464 e. The maximum Gasteiger partial charge on any atom is 0.323 e. The minimum atomic E-state index is -0.0991. The summed E-state index contributed by atoms with van der Waals surface area (Å²) >= 11 is 0. The van der Waals surface area contributed by atoms with E-state index in [1.807, 2.05) is 12.1 Å². The topological polar surface area (TPSA) is 67.8 Å². The van der Waals surface area contributed by atoms with Crippen molar-refractivity contribution in [1.29, 1.82) is 0 Å². The maximum atomic E-state index is 11.7. The van der Waals surface area contributed by atoms with Crippen molar-refractivity contribution < 1.29 is 14.3 Å². The number of esters is 1. The second-order valence-electron chi connectivity index (χ2n) is 5.58. The molecular formula is C15H22N4O3. The Balaban J connectivity index is 1.61. The highest BCUT2D eigenvalue weighted by Crippen LogP contribution is 2.19. The van der Waals surface area contributed by atoms with Gasteiger partial charge in [0.05, 0.1) is 19.3 Å². The fourth-order valence-electron chi connectivity index (χ4n) is 3.05. The van der Waals surface area contributed by atoms with E-state index in [-0.39, 0.29) is 18.1 Å². The van der Waals surface area contributed by atoms with Gasteiger partial charge in [-0.25, -0.2) is 0 Å². The Kier molecular flexibility index (Phi) is 4.84. The van der Waals surface area contributed by atoms with Crippen molar-refractivity contribution in [2.45, 2.75) is 25.5 Å². The highest BCUT2D eigenvalue weighted by Gasteiger charge is 2.35. The molecule has 0 aliphatic carbocycles. The van der Waals surface area contributed by atoms with E-state index in [2.05, 4.69) is 26.9 Å². The zero-order chi connectivity index (χ0) is 15.4. The first-order chi connectivity index (χ1) is 10.8. The number of anilines is 1. The molecule has 3 rings (SSSR count). The smallest absolute Gasteiger partial charge is 0.323 e. The quantitative estimate of drug-likeness (QED) is 0.726. The summed E-state index contributed by atoms with van der Waals surface area (Å²) in [4.78, 5) is 16.1. The van der Waals surface area contributed by atoms with Crippen LogP contribution in [0.1, 0.15) is 13.3 Å². The summed E-state index contributed by atoms with van der Waals surface area (Å²) in [5.41, 5.74) is 0. The van der Waals surface area contributed by atoms with Gasteiger partial charge in [-0.3, -0.25) is 9.69 Å². The summed E-state index contributed by atoms with van der Waals surface area (Å²) in [7, 11) is 0. The second kappa shape index (κ2) is 7.02. The predicted molar refractivity (Wildman–Crippen MR) is 80.6 cm³/mol. The number of hydrogen-bond acceptors (Lipinski definition) is 7. The van der Waals surface area contributed by atoms with Gasteiger partial charge in [0.2, 0.25) is 0 Å². The standard InChI is InChI=1S/C15H22N4O3/c1-2-18(14-4-3-6-16-17-14)10-12-11-19(7-9-21-12)13-5-8-22-15(13)20/h3-4,6,12-13H,2,5,7-11H2,1H3. The first kappa shape index (κ1) is 15.2. The molecule has 7 nitrogen and oxygen atoms in total. The third-order valence-corrected chi connectivity index (χ3v) is 4.21. The molecule has 0 saturated carbocycles. The molecule has 120 valence electrons. The minimum Gasteiger partial charge on any atom is -0.464 e. The molecule has 1 aromatic heterocycles. The predicted octanol–water partition coefficient (Wildman–Crippen LogP) is 0.319. The summed E-state index contributed by atoms with van der Waals surface area (Å²) < 4.78 is 10.9. The Morgan fingerprint density at radius 1 is 1.45 bits per heavy atom. The molecule has 1 aromatic rings. The van der Waals surface area contributed by atoms with Crippen LogP contribution in [-0.4, -0.2) is 72.6 Å². The van der Waals surface area contributed by atoms with Gasteiger partial charge >= 0.3 is 5.97 Å². The van der Waals surface area contributed by atoms with E-state index >= 15 is 0 Å². The van der Waals surface area contributed by atoms with E-state index in [0.29, 0.717) is 13.2 Å². The Hall–Kier alpha value is -1.73. The van der Waals surface area contributed by atoms with Crippen molar-refractivity contribution in [2.24, 2.45) is 0 Å². The number of hydrogen-bond donors (Lipinski definition) is 0. The Labute approximate surface area is 130 Å². The first-order valence-corrected chi connectivity index (χ1v) is 7.83. The van der Waals surface area contributed by atoms with Gasteiger partial charge in [0.15, 0.2) is 5.82 Å². The highest BCUT2D eigenvalue weighted by molar-refractivity contribution is 5.77. The lowest BCUT2D eigenvalue weighted by Gasteiger charge is -2.37. The molecule has 2 unspecified atom stereocenters. The van der Waals surface area contributed by atoms with Gasteiger partial charge < -0.3 is 14.4 Å². The van der Waals surface area contributed by atoms with Crippen molar-refractivity contribution in [1.82, 2.24) is 15.1 Å². The van der Waals surface area contributed by atoms with Crippen LogP contribution in [0.2, 0.25) is 0 Å². The fraction of sp³-hybridized carbons (Fsp3) is 0.667. The van der Waals surface area contributed by atoms with Crippen LogP contribution in [0.25, 0.3) is 0 Å². The van der Waals surface area contributed by atoms with Crippen LogP contribution in [0.4, 0.5) is 5.82 Å². The van der Waals surface area contributed by atoms with E-state index in [0.717, 1.165) is 38.4 Å². The van der Waals surface area contributed by atoms with E-state index in [4.69, 9.17) is 9.47 Å². The highest BCUT2D eigenvalue weighted by atomic mass is 16.5. The molecule has 2 fully saturated rings. The molecule has 2 aliphatic rings. The van der Waals surface area contributed by atoms with Crippen LogP contribution in [0.15, 0.2) is 18.3 Å². The van der Waals surface area contributed by atoms with Gasteiger partial charge in [0.25, 0.3) is 0 Å². The zero-order valence-electron chi connectivity index (χ0n) is 12.9. The Bertz CT molecular complexity index is 499. The van der Waals surface area contributed by atoms with Gasteiger partial charge in [0, 0.05) is 38.8 Å². The number of nitrogens with zero attached hydrogens (tertiary/aromatic N) is 4. The average Bonchev–Trinajstić information content (AvgIpc) is 3.00. The molecule has 22 heavy (non-hydrogen) atoms. The van der Waals surface area contributed by atoms with Gasteiger partial charge in [-0.1, -0.05) is 0 Å². The Morgan fingerprint density at radius 3 is 3.05 bits per heavy atom. The van der Waals surface area contributed by atoms with Gasteiger partial charge in [0.1, 0.15) is 6.04 Å². The SMILES string of the molecule is CCN(CC1CN(C2CCOC2=O)CCO1)c1cccnn1. The lowest BCUT2D eigenvalue weighted by molar-refractivity contribution is -0.144. The lowest BCUT2D eigenvalue weighted by Crippen LogP contribution is -2.52. The molecule has 0 amide bonds. The van der Waals surface area contributed by atoms with Crippen LogP contribution >= 0.6 is 0 Å². The summed E-state index contributed by atoms with van der Waals surface area (Å²) in [5.74, 6) is 0.757. The number of aromatic nitrogens is 2. The minimum absolute atomic E-state index is 0.0594. The molecule has 0 spiro atoms. The molecule has 2 aliphatic heterocycles. The lowest BCUT2D eigenvalue weighted by atomic mass is 10.1. The molecule has 7 heteroatoms. The van der Waals surface area contributed by atoms with Crippen molar-refractivity contribution >= 4 is 11.8 Å². The van der Waals surface area contributed by atoms with Crippen LogP contribution in [0.5, 0.6) is 0 Å². The van der Waals surface area contributed by atoms with Crippen molar-refractivity contribution in [3.63, 3.8) is 0 Å². The van der Waals surface area contributed by atoms with E-state index in [1.165, 1.54) is 0 Å². The normalized spacial score (nSPS) is 26.0. The molecule has 2 atom stereocenters. The summed E-state index contributed by atoms with van der Waals surface area (Å²) in [6.07, 6.45) is 2.51. The number of carbonyl (C=O) groups is 1. The molecule has 3 heterocycles. The molecule has 2 saturated heterocycles. The zero-order valence-corrected chi connectivity index (χ0v) is 12.9. The average molecular weight is 306 g/mol. The third-order valence-electron chi connectivity index (χ3n) is 4.21. The van der Waals surface area contributed by atoms with E-state index in [9.17, 15) is 4.79 Å². The van der Waals surface area contributed by atoms with Crippen molar-refractivity contribution in [3.8, 4) is 0 Å². The monoisotopic (exact) mass is 306 g/mol. The molecule has 0 bridgehead atoms. The fourth-order valence-corrected chi connectivity index (χ4v) is 3.05. The van der Waals surface area contributed by atoms with Crippen LogP contribution in [0, 0.1) is 0 Å². The number of carbonyl (C=O) groups excluding carboxylic acids is 1. The summed E-state index contributed by atoms with van der Waals surface area (Å²) in [5, 5.41) is 8.09. The third kappa shape index (κ3) is 3.36. The molecule has 0 aromatic carbocycles. The van der Waals surface area contributed by atoms with Crippen molar-refractivity contribution in [2.75, 3.05) is 44.3 Å². The van der Waals surface area contributed by atoms with Crippen LogP contribution in [-0.2, 0) is 14.3 Å². The summed E-state index contributed by atoms with van der Waals surface area (Å²) in [6, 6.07) is 3.73. The van der Waals surface area contributed by atoms with Gasteiger partial charge in [-0.2, -0.15) is 5.10 Å². The molecule has 0 N–H and O–H groups in total. The maximum absolute atomic E-state index is 11.7. The van der Waals surface area contributed by atoms with Crippen LogP contribution in [0.3, 0.4) is 0 Å². The van der Waals surface area contributed by atoms with Crippen LogP contribution < -0.4 is 4.90 Å². The number of ether oxygens (including phenoxy) is 2. The van der Waals surface area contributed by atoms with E-state index < -0.39 is 0 Å². The van der Waals surface area contributed by atoms with Gasteiger partial charge in [-0.05, 0) is 19.1 Å². The number of morpholine rings is 1. The number of likely N-dealkylation sites (N-methyl/N-ethyl adjacent to an activating group) is 1.